The summed E-state index contributed by atoms with van der Waals surface area (Å²) in [4.78, 5) is 0. The Labute approximate surface area is 152 Å². The summed E-state index contributed by atoms with van der Waals surface area (Å²) in [7, 11) is 0. The molecule has 0 saturated heterocycles. The van der Waals surface area contributed by atoms with Crippen molar-refractivity contribution in [2.45, 2.75) is 76.4 Å². The molecule has 0 radical (unpaired) electrons. The van der Waals surface area contributed by atoms with Gasteiger partial charge in [0.15, 0.2) is 0 Å². The van der Waals surface area contributed by atoms with Crippen molar-refractivity contribution in [2.24, 2.45) is 29.1 Å². The van der Waals surface area contributed by atoms with Gasteiger partial charge in [0.2, 0.25) is 0 Å². The molecule has 6 unspecified atom stereocenters. The Morgan fingerprint density at radius 3 is 2.84 bits per heavy atom. The van der Waals surface area contributed by atoms with Gasteiger partial charge in [0, 0.05) is 5.41 Å². The summed E-state index contributed by atoms with van der Waals surface area (Å²) in [5.41, 5.74) is 2.09. The van der Waals surface area contributed by atoms with E-state index < -0.39 is 5.60 Å². The molecule has 0 aliphatic heterocycles. The molecule has 4 aliphatic rings. The molecule has 0 aromatic rings. The SMILES string of the molecule is C#C[C@]1(O)CCC2C3CCC4=C(CCC(O)C4)C3C(CC=C)CC21C. The molecule has 2 fully saturated rings. The average Bonchev–Trinajstić information content (AvgIpc) is 2.86. The van der Waals surface area contributed by atoms with Gasteiger partial charge in [-0.05, 0) is 81.5 Å². The lowest BCUT2D eigenvalue weighted by Crippen LogP contribution is -2.54. The zero-order valence-electron chi connectivity index (χ0n) is 15.5. The maximum atomic E-state index is 11.2. The number of aliphatic hydroxyl groups is 2. The smallest absolute Gasteiger partial charge is 0.130 e. The molecule has 136 valence electrons. The minimum absolute atomic E-state index is 0.139. The zero-order valence-corrected chi connectivity index (χ0v) is 15.5. The largest absolute Gasteiger partial charge is 0.393 e. The first-order chi connectivity index (χ1) is 11.9. The summed E-state index contributed by atoms with van der Waals surface area (Å²) in [6, 6.07) is 0. The van der Waals surface area contributed by atoms with Crippen LogP contribution in [0.25, 0.3) is 0 Å². The van der Waals surface area contributed by atoms with Gasteiger partial charge < -0.3 is 10.2 Å². The van der Waals surface area contributed by atoms with E-state index in [1.165, 1.54) is 6.42 Å². The fourth-order valence-corrected chi connectivity index (χ4v) is 7.18. The van der Waals surface area contributed by atoms with E-state index in [0.717, 1.165) is 51.4 Å². The van der Waals surface area contributed by atoms with Crippen LogP contribution < -0.4 is 0 Å². The molecule has 2 nitrogen and oxygen atoms in total. The summed E-state index contributed by atoms with van der Waals surface area (Å²) in [6.07, 6.45) is 16.7. The van der Waals surface area contributed by atoms with Crippen molar-refractivity contribution >= 4 is 0 Å². The van der Waals surface area contributed by atoms with Crippen molar-refractivity contribution in [3.63, 3.8) is 0 Å². The van der Waals surface area contributed by atoms with Crippen molar-refractivity contribution in [1.29, 1.82) is 0 Å². The first-order valence-corrected chi connectivity index (χ1v) is 10.1. The fourth-order valence-electron chi connectivity index (χ4n) is 7.18. The molecule has 0 aromatic heterocycles. The molecule has 2 heteroatoms. The van der Waals surface area contributed by atoms with Crippen molar-refractivity contribution in [1.82, 2.24) is 0 Å². The van der Waals surface area contributed by atoms with Gasteiger partial charge in [-0.2, -0.15) is 0 Å². The quantitative estimate of drug-likeness (QED) is 0.583. The summed E-state index contributed by atoms with van der Waals surface area (Å²) in [5, 5.41) is 21.3. The summed E-state index contributed by atoms with van der Waals surface area (Å²) in [5.74, 6) is 5.10. The second-order valence-electron chi connectivity index (χ2n) is 9.31. The van der Waals surface area contributed by atoms with Gasteiger partial charge in [0.05, 0.1) is 6.10 Å². The zero-order chi connectivity index (χ0) is 17.8. The fraction of sp³-hybridized carbons (Fsp3) is 0.739. The normalized spacial score (nSPS) is 49.0. The molecule has 0 bridgehead atoms. The monoisotopic (exact) mass is 340 g/mol. The van der Waals surface area contributed by atoms with Crippen molar-refractivity contribution in [3.8, 4) is 12.3 Å². The van der Waals surface area contributed by atoms with Crippen LogP contribution in [0.2, 0.25) is 0 Å². The third-order valence-corrected chi connectivity index (χ3v) is 8.33. The van der Waals surface area contributed by atoms with Gasteiger partial charge in [0.1, 0.15) is 5.60 Å². The average molecular weight is 341 g/mol. The molecule has 25 heavy (non-hydrogen) atoms. The lowest BCUT2D eigenvalue weighted by atomic mass is 9.49. The second kappa shape index (κ2) is 6.00. The van der Waals surface area contributed by atoms with Crippen LogP contribution in [0.3, 0.4) is 0 Å². The van der Waals surface area contributed by atoms with Gasteiger partial charge in [-0.1, -0.05) is 30.1 Å². The molecule has 4 rings (SSSR count). The summed E-state index contributed by atoms with van der Waals surface area (Å²) >= 11 is 0. The van der Waals surface area contributed by atoms with Crippen molar-refractivity contribution < 1.29 is 10.2 Å². The maximum absolute atomic E-state index is 11.2. The Bertz CT molecular complexity index is 641. The Morgan fingerprint density at radius 2 is 2.12 bits per heavy atom. The van der Waals surface area contributed by atoms with E-state index in [4.69, 9.17) is 6.42 Å². The van der Waals surface area contributed by atoms with Gasteiger partial charge >= 0.3 is 0 Å². The molecule has 4 aliphatic carbocycles. The predicted octanol–water partition coefficient (Wildman–Crippen LogP) is 4.23. The molecular weight excluding hydrogens is 308 g/mol. The van der Waals surface area contributed by atoms with E-state index in [-0.39, 0.29) is 11.5 Å². The molecule has 2 saturated carbocycles. The van der Waals surface area contributed by atoms with E-state index in [9.17, 15) is 10.2 Å². The molecule has 0 aromatic carbocycles. The standard InChI is InChI=1S/C23H32O2/c1-4-6-16-14-22(3)20(11-12-23(22,25)5-2)19-9-7-15-13-17(24)8-10-18(15)21(16)19/h2,4,16-17,19-21,24-25H,1,6-14H2,3H3/t16?,17?,19?,20?,21?,22?,23-/m0/s1. The van der Waals surface area contributed by atoms with Gasteiger partial charge in [-0.3, -0.25) is 0 Å². The lowest BCUT2D eigenvalue weighted by molar-refractivity contribution is -0.0926. The molecule has 0 spiro atoms. The number of terminal acetylenes is 1. The minimum Gasteiger partial charge on any atom is -0.393 e. The third-order valence-electron chi connectivity index (χ3n) is 8.33. The molecular formula is C23H32O2. The number of rotatable bonds is 2. The van der Waals surface area contributed by atoms with Crippen LogP contribution in [0.15, 0.2) is 23.8 Å². The molecule has 0 heterocycles. The Kier molecular flexibility index (Phi) is 4.17. The molecule has 7 atom stereocenters. The van der Waals surface area contributed by atoms with Crippen LogP contribution in [0.4, 0.5) is 0 Å². The topological polar surface area (TPSA) is 40.5 Å². The van der Waals surface area contributed by atoms with E-state index in [1.54, 1.807) is 11.1 Å². The highest BCUT2D eigenvalue weighted by atomic mass is 16.3. The highest BCUT2D eigenvalue weighted by molar-refractivity contribution is 5.31. The maximum Gasteiger partial charge on any atom is 0.130 e. The van der Waals surface area contributed by atoms with Crippen LogP contribution in [-0.4, -0.2) is 21.9 Å². The van der Waals surface area contributed by atoms with Crippen LogP contribution in [0.5, 0.6) is 0 Å². The van der Waals surface area contributed by atoms with Gasteiger partial charge in [0.25, 0.3) is 0 Å². The van der Waals surface area contributed by atoms with Gasteiger partial charge in [-0.15, -0.1) is 13.0 Å². The third kappa shape index (κ3) is 2.39. The highest BCUT2D eigenvalue weighted by Crippen LogP contribution is 2.66. The van der Waals surface area contributed by atoms with Crippen molar-refractivity contribution in [3.05, 3.63) is 23.8 Å². The van der Waals surface area contributed by atoms with Crippen LogP contribution in [0.1, 0.15) is 64.7 Å². The summed E-state index contributed by atoms with van der Waals surface area (Å²) in [6.45, 7) is 6.27. The molecule has 0 amide bonds. The van der Waals surface area contributed by atoms with Crippen LogP contribution in [-0.2, 0) is 0 Å². The van der Waals surface area contributed by atoms with E-state index in [0.29, 0.717) is 23.7 Å². The highest BCUT2D eigenvalue weighted by Gasteiger charge is 2.63. The Morgan fingerprint density at radius 1 is 1.32 bits per heavy atom. The van der Waals surface area contributed by atoms with Crippen molar-refractivity contribution in [2.75, 3.05) is 0 Å². The second-order valence-corrected chi connectivity index (χ2v) is 9.31. The summed E-state index contributed by atoms with van der Waals surface area (Å²) < 4.78 is 0. The van der Waals surface area contributed by atoms with E-state index in [2.05, 4.69) is 25.5 Å². The van der Waals surface area contributed by atoms with Gasteiger partial charge in [-0.25, -0.2) is 0 Å². The number of hydrogen-bond acceptors (Lipinski definition) is 2. The predicted molar refractivity (Wildman–Crippen MR) is 101 cm³/mol. The first-order valence-electron chi connectivity index (χ1n) is 10.1. The first kappa shape index (κ1) is 17.4. The lowest BCUT2D eigenvalue weighted by Gasteiger charge is -2.56. The Balaban J connectivity index is 1.75. The molecule has 2 N–H and O–H groups in total. The van der Waals surface area contributed by atoms with Crippen LogP contribution in [0, 0.1) is 41.4 Å². The van der Waals surface area contributed by atoms with E-state index >= 15 is 0 Å². The number of fused-ring (bicyclic) bond motifs is 4. The Hall–Kier alpha value is -1.04. The number of hydrogen-bond donors (Lipinski definition) is 2. The van der Waals surface area contributed by atoms with Crippen LogP contribution >= 0.6 is 0 Å². The number of aliphatic hydroxyl groups excluding tert-OH is 1. The number of allylic oxidation sites excluding steroid dienone is 2. The minimum atomic E-state index is -0.945. The van der Waals surface area contributed by atoms with E-state index in [1.807, 2.05) is 0 Å².